The van der Waals surface area contributed by atoms with Crippen LogP contribution in [-0.2, 0) is 4.74 Å². The molecule has 8 heteroatoms. The molecule has 0 amide bonds. The second-order valence-corrected chi connectivity index (χ2v) is 11.0. The lowest BCUT2D eigenvalue weighted by molar-refractivity contribution is 0.00843. The molecule has 1 aliphatic carbocycles. The fourth-order valence-corrected chi connectivity index (χ4v) is 6.83. The molecule has 4 heterocycles. The topological polar surface area (TPSA) is 99.9 Å². The molecular formula is C24H23N5OS2. The zero-order valence-electron chi connectivity index (χ0n) is 17.5. The van der Waals surface area contributed by atoms with Crippen molar-refractivity contribution >= 4 is 45.0 Å². The first-order valence-corrected chi connectivity index (χ1v) is 12.5. The molecule has 32 heavy (non-hydrogen) atoms. The van der Waals surface area contributed by atoms with Gasteiger partial charge in [0.15, 0.2) is 0 Å². The number of anilines is 2. The van der Waals surface area contributed by atoms with E-state index < -0.39 is 0 Å². The fraction of sp³-hybridized carbons (Fsp3) is 0.292. The number of nitrogens with zero attached hydrogens (tertiary/aromatic N) is 3. The predicted octanol–water partition coefficient (Wildman–Crippen LogP) is 5.34. The molecule has 0 bridgehead atoms. The Bertz CT molecular complexity index is 1280. The molecular weight excluding hydrogens is 438 g/mol. The number of hydrogen-bond donors (Lipinski definition) is 2. The monoisotopic (exact) mass is 461 g/mol. The van der Waals surface area contributed by atoms with Crippen LogP contribution in [0.2, 0.25) is 0 Å². The van der Waals surface area contributed by atoms with Gasteiger partial charge >= 0.3 is 0 Å². The Morgan fingerprint density at radius 1 is 1.00 bits per heavy atom. The number of nitrogen functional groups attached to an aromatic ring is 2. The Morgan fingerprint density at radius 2 is 1.75 bits per heavy atom. The quantitative estimate of drug-likeness (QED) is 0.413. The molecule has 0 radical (unpaired) electrons. The molecule has 6 rings (SSSR count). The maximum absolute atomic E-state index is 6.71. The summed E-state index contributed by atoms with van der Waals surface area (Å²) in [5.41, 5.74) is 18.5. The average molecular weight is 462 g/mol. The molecule has 2 aliphatic rings. The van der Waals surface area contributed by atoms with Gasteiger partial charge in [0.2, 0.25) is 5.95 Å². The van der Waals surface area contributed by atoms with Gasteiger partial charge in [-0.05, 0) is 35.6 Å². The standard InChI is InChI=1S/C24H23N5OS2/c25-21-20-18(14-6-4-13(5-7-14)16-11-30-12-16)8-19(15-9-27-24(26)28-10-15)29-22(20)32-23(21)31-17-2-1-3-17/h4-10,16-17H,1-3,11-12,25H2,(H2,26,27,28). The van der Waals surface area contributed by atoms with E-state index in [-0.39, 0.29) is 5.95 Å². The van der Waals surface area contributed by atoms with Gasteiger partial charge in [0.25, 0.3) is 0 Å². The van der Waals surface area contributed by atoms with E-state index in [1.54, 1.807) is 23.7 Å². The molecule has 0 atom stereocenters. The van der Waals surface area contributed by atoms with Crippen molar-refractivity contribution in [2.45, 2.75) is 34.6 Å². The Morgan fingerprint density at radius 3 is 2.38 bits per heavy atom. The molecule has 162 valence electrons. The van der Waals surface area contributed by atoms with Crippen molar-refractivity contribution in [2.75, 3.05) is 24.7 Å². The van der Waals surface area contributed by atoms with Gasteiger partial charge in [-0.1, -0.05) is 30.7 Å². The molecule has 0 unspecified atom stereocenters. The van der Waals surface area contributed by atoms with Gasteiger partial charge in [-0.15, -0.1) is 23.1 Å². The third kappa shape index (κ3) is 3.52. The molecule has 1 aliphatic heterocycles. The molecule has 4 aromatic rings. The van der Waals surface area contributed by atoms with Crippen LogP contribution in [0.3, 0.4) is 0 Å². The van der Waals surface area contributed by atoms with Crippen molar-refractivity contribution in [3.8, 4) is 22.4 Å². The number of thioether (sulfide) groups is 1. The summed E-state index contributed by atoms with van der Waals surface area (Å²) in [7, 11) is 0. The summed E-state index contributed by atoms with van der Waals surface area (Å²) in [6.07, 6.45) is 7.28. The van der Waals surface area contributed by atoms with Gasteiger partial charge in [-0.3, -0.25) is 0 Å². The maximum Gasteiger partial charge on any atom is 0.219 e. The van der Waals surface area contributed by atoms with Crippen LogP contribution in [0.25, 0.3) is 32.6 Å². The number of rotatable bonds is 5. The van der Waals surface area contributed by atoms with Crippen LogP contribution in [0.1, 0.15) is 30.7 Å². The number of hydrogen-bond acceptors (Lipinski definition) is 8. The normalized spacial score (nSPS) is 16.8. The first-order valence-electron chi connectivity index (χ1n) is 10.8. The van der Waals surface area contributed by atoms with Crippen LogP contribution in [0, 0.1) is 0 Å². The smallest absolute Gasteiger partial charge is 0.219 e. The van der Waals surface area contributed by atoms with Gasteiger partial charge < -0.3 is 16.2 Å². The number of pyridine rings is 1. The number of thiophene rings is 1. The van der Waals surface area contributed by atoms with Crippen molar-refractivity contribution in [1.29, 1.82) is 0 Å². The Hall–Kier alpha value is -2.68. The molecule has 0 spiro atoms. The Kier molecular flexibility index (Phi) is 5.01. The lowest BCUT2D eigenvalue weighted by atomic mass is 9.94. The molecule has 3 aromatic heterocycles. The van der Waals surface area contributed by atoms with Crippen molar-refractivity contribution < 1.29 is 4.74 Å². The van der Waals surface area contributed by atoms with Crippen LogP contribution in [0.15, 0.2) is 46.9 Å². The van der Waals surface area contributed by atoms with E-state index in [4.69, 9.17) is 21.2 Å². The summed E-state index contributed by atoms with van der Waals surface area (Å²) >= 11 is 3.59. The molecule has 4 N–H and O–H groups in total. The summed E-state index contributed by atoms with van der Waals surface area (Å²) in [5, 5.41) is 1.71. The van der Waals surface area contributed by atoms with E-state index in [2.05, 4.69) is 40.3 Å². The van der Waals surface area contributed by atoms with Crippen LogP contribution in [-0.4, -0.2) is 33.4 Å². The molecule has 1 saturated carbocycles. The lowest BCUT2D eigenvalue weighted by Crippen LogP contribution is -2.24. The van der Waals surface area contributed by atoms with E-state index in [1.165, 1.54) is 29.0 Å². The largest absolute Gasteiger partial charge is 0.397 e. The number of benzene rings is 1. The zero-order valence-corrected chi connectivity index (χ0v) is 19.1. The predicted molar refractivity (Wildman–Crippen MR) is 132 cm³/mol. The number of fused-ring (bicyclic) bond motifs is 1. The minimum Gasteiger partial charge on any atom is -0.397 e. The number of aromatic nitrogens is 3. The average Bonchev–Trinajstić information content (AvgIpc) is 3.05. The zero-order chi connectivity index (χ0) is 21.7. The van der Waals surface area contributed by atoms with Gasteiger partial charge in [0.05, 0.1) is 28.8 Å². The van der Waals surface area contributed by atoms with E-state index in [0.29, 0.717) is 11.2 Å². The van der Waals surface area contributed by atoms with Crippen molar-refractivity contribution in [3.63, 3.8) is 0 Å². The maximum atomic E-state index is 6.71. The fourth-order valence-electron chi connectivity index (χ4n) is 4.04. The minimum atomic E-state index is 0.255. The van der Waals surface area contributed by atoms with Crippen molar-refractivity contribution in [3.05, 3.63) is 48.3 Å². The third-order valence-corrected chi connectivity index (χ3v) is 8.96. The van der Waals surface area contributed by atoms with Gasteiger partial charge in [0, 0.05) is 34.5 Å². The van der Waals surface area contributed by atoms with Crippen LogP contribution >= 0.6 is 23.1 Å². The van der Waals surface area contributed by atoms with Crippen molar-refractivity contribution in [2.24, 2.45) is 0 Å². The van der Waals surface area contributed by atoms with E-state index in [0.717, 1.165) is 51.5 Å². The third-order valence-electron chi connectivity index (χ3n) is 6.29. The van der Waals surface area contributed by atoms with Crippen molar-refractivity contribution in [1.82, 2.24) is 15.0 Å². The molecule has 1 aromatic carbocycles. The molecule has 6 nitrogen and oxygen atoms in total. The Balaban J connectivity index is 1.49. The lowest BCUT2D eigenvalue weighted by Gasteiger charge is -2.26. The molecule has 2 fully saturated rings. The highest BCUT2D eigenvalue weighted by atomic mass is 32.2. The van der Waals surface area contributed by atoms with Gasteiger partial charge in [-0.25, -0.2) is 15.0 Å². The summed E-state index contributed by atoms with van der Waals surface area (Å²) in [4.78, 5) is 14.2. The van der Waals surface area contributed by atoms with E-state index in [1.807, 2.05) is 11.8 Å². The van der Waals surface area contributed by atoms with E-state index >= 15 is 0 Å². The van der Waals surface area contributed by atoms with Crippen LogP contribution < -0.4 is 11.5 Å². The second kappa shape index (κ2) is 8.03. The van der Waals surface area contributed by atoms with Crippen LogP contribution in [0.5, 0.6) is 0 Å². The van der Waals surface area contributed by atoms with E-state index in [9.17, 15) is 0 Å². The van der Waals surface area contributed by atoms with Gasteiger partial charge in [0.1, 0.15) is 4.83 Å². The summed E-state index contributed by atoms with van der Waals surface area (Å²) in [5.74, 6) is 0.755. The highest BCUT2D eigenvalue weighted by Crippen LogP contribution is 2.48. The first-order chi connectivity index (χ1) is 15.7. The molecule has 1 saturated heterocycles. The van der Waals surface area contributed by atoms with Gasteiger partial charge in [-0.2, -0.15) is 0 Å². The summed E-state index contributed by atoms with van der Waals surface area (Å²) in [6, 6.07) is 10.9. The first kappa shape index (κ1) is 20.0. The number of nitrogens with two attached hydrogens (primary N) is 2. The highest BCUT2D eigenvalue weighted by molar-refractivity contribution is 8.02. The summed E-state index contributed by atoms with van der Waals surface area (Å²) < 4.78 is 6.53. The van der Waals surface area contributed by atoms with Crippen LogP contribution in [0.4, 0.5) is 11.6 Å². The minimum absolute atomic E-state index is 0.255. The highest BCUT2D eigenvalue weighted by Gasteiger charge is 2.24. The SMILES string of the molecule is Nc1ncc(-c2cc(-c3ccc(C4COC4)cc3)c3c(N)c(SC4CCC4)sc3n2)cn1. The number of ether oxygens (including phenoxy) is 1. The Labute approximate surface area is 194 Å². The second-order valence-electron chi connectivity index (χ2n) is 8.40. The summed E-state index contributed by atoms with van der Waals surface area (Å²) in [6.45, 7) is 1.61.